The third kappa shape index (κ3) is 2.73. The first kappa shape index (κ1) is 15.6. The summed E-state index contributed by atoms with van der Waals surface area (Å²) in [5.41, 5.74) is 1.82. The number of hydrogen-bond donors (Lipinski definition) is 2. The molecule has 7 heteroatoms. The molecule has 0 spiro atoms. The number of aliphatic carboxylic acids is 1. The van der Waals surface area contributed by atoms with Crippen molar-refractivity contribution in [2.24, 2.45) is 10.9 Å². The first-order chi connectivity index (χ1) is 11.0. The number of nitrogens with zero attached hydrogens (tertiary/aromatic N) is 2. The van der Waals surface area contributed by atoms with Crippen molar-refractivity contribution >= 4 is 29.3 Å². The largest absolute Gasteiger partial charge is 0.480 e. The molecule has 0 aromatic heterocycles. The summed E-state index contributed by atoms with van der Waals surface area (Å²) in [5.74, 6) is -2.78. The Kier molecular flexibility index (Phi) is 4.14. The van der Waals surface area contributed by atoms with E-state index in [0.717, 1.165) is 18.8 Å². The summed E-state index contributed by atoms with van der Waals surface area (Å²) in [6.45, 7) is 1.54. The Morgan fingerprint density at radius 3 is 2.83 bits per heavy atom. The van der Waals surface area contributed by atoms with Gasteiger partial charge in [0.25, 0.3) is 0 Å². The lowest BCUT2D eigenvalue weighted by molar-refractivity contribution is -0.137. The number of benzene rings is 1. The van der Waals surface area contributed by atoms with Crippen molar-refractivity contribution in [2.75, 3.05) is 32.1 Å². The number of hydrogen-bond acceptors (Lipinski definition) is 6. The Balaban J connectivity index is 1.86. The minimum Gasteiger partial charge on any atom is -0.480 e. The van der Waals surface area contributed by atoms with E-state index in [0.29, 0.717) is 11.3 Å². The normalized spacial score (nSPS) is 26.4. The van der Waals surface area contributed by atoms with Crippen molar-refractivity contribution in [3.63, 3.8) is 0 Å². The number of carboxylic acid groups (broad SMARTS) is 1. The van der Waals surface area contributed by atoms with Gasteiger partial charge in [-0.05, 0) is 25.2 Å². The van der Waals surface area contributed by atoms with Crippen molar-refractivity contribution in [1.82, 2.24) is 5.32 Å². The molecule has 2 heterocycles. The summed E-state index contributed by atoms with van der Waals surface area (Å²) in [4.78, 5) is 29.5. The number of rotatable bonds is 4. The van der Waals surface area contributed by atoms with Gasteiger partial charge in [0.05, 0.1) is 17.8 Å². The van der Waals surface area contributed by atoms with Gasteiger partial charge in [-0.1, -0.05) is 0 Å². The fraction of sp³-hybridized carbons (Fsp3) is 0.438. The predicted molar refractivity (Wildman–Crippen MR) is 85.9 cm³/mol. The Morgan fingerprint density at radius 1 is 1.43 bits per heavy atom. The second kappa shape index (κ2) is 6.10. The Morgan fingerprint density at radius 2 is 2.22 bits per heavy atom. The summed E-state index contributed by atoms with van der Waals surface area (Å²) >= 11 is 0. The van der Waals surface area contributed by atoms with E-state index in [2.05, 4.69) is 15.2 Å². The van der Waals surface area contributed by atoms with Crippen molar-refractivity contribution < 1.29 is 19.4 Å². The van der Waals surface area contributed by atoms with Gasteiger partial charge in [0.15, 0.2) is 11.7 Å². The van der Waals surface area contributed by atoms with Gasteiger partial charge in [-0.2, -0.15) is 0 Å². The minimum absolute atomic E-state index is 0.0950. The van der Waals surface area contributed by atoms with E-state index in [1.165, 1.54) is 6.21 Å². The first-order valence-electron chi connectivity index (χ1n) is 7.45. The van der Waals surface area contributed by atoms with E-state index in [9.17, 15) is 9.59 Å². The molecule has 0 radical (unpaired) electrons. The molecule has 1 aromatic carbocycles. The summed E-state index contributed by atoms with van der Waals surface area (Å²) in [7, 11) is 3.60. The van der Waals surface area contributed by atoms with Gasteiger partial charge in [-0.15, -0.1) is 0 Å². The number of likely N-dealkylation sites (N-methyl/N-ethyl adjacent to an activating group) is 1. The van der Waals surface area contributed by atoms with Crippen LogP contribution in [0, 0.1) is 5.92 Å². The molecule has 3 atom stereocenters. The molecule has 1 fully saturated rings. The zero-order chi connectivity index (χ0) is 16.6. The van der Waals surface area contributed by atoms with Crippen LogP contribution in [0.1, 0.15) is 10.4 Å². The lowest BCUT2D eigenvalue weighted by Gasteiger charge is -2.21. The molecular weight excluding hydrogens is 298 g/mol. The molecule has 23 heavy (non-hydrogen) atoms. The van der Waals surface area contributed by atoms with Crippen LogP contribution in [-0.4, -0.2) is 62.5 Å². The molecule has 0 bridgehead atoms. The van der Waals surface area contributed by atoms with E-state index < -0.39 is 17.7 Å². The maximum Gasteiger partial charge on any atom is 0.319 e. The molecule has 7 nitrogen and oxygen atoms in total. The van der Waals surface area contributed by atoms with Gasteiger partial charge < -0.3 is 20.1 Å². The zero-order valence-corrected chi connectivity index (χ0v) is 13.0. The number of anilines is 1. The highest BCUT2D eigenvalue weighted by molar-refractivity contribution is 6.22. The van der Waals surface area contributed by atoms with Gasteiger partial charge in [0, 0.05) is 37.7 Å². The number of fused-ring (bicyclic) bond motifs is 1. The topological polar surface area (TPSA) is 91.2 Å². The SMILES string of the molecule is CN[C@@H]1CN(c2ccc3c(c2)N=CC(C(=O)O)C3=O)C[C@H]1OC. The van der Waals surface area contributed by atoms with Crippen LogP contribution in [0.2, 0.25) is 0 Å². The molecular formula is C16H19N3O4. The molecule has 2 aliphatic heterocycles. The second-order valence-electron chi connectivity index (χ2n) is 5.73. The zero-order valence-electron chi connectivity index (χ0n) is 13.0. The third-order valence-electron chi connectivity index (χ3n) is 4.46. The Labute approximate surface area is 134 Å². The maximum atomic E-state index is 12.2. The van der Waals surface area contributed by atoms with E-state index in [1.807, 2.05) is 19.2 Å². The van der Waals surface area contributed by atoms with E-state index in [-0.39, 0.29) is 12.1 Å². The lowest BCUT2D eigenvalue weighted by Crippen LogP contribution is -2.37. The molecule has 2 N–H and O–H groups in total. The molecule has 122 valence electrons. The van der Waals surface area contributed by atoms with E-state index in [4.69, 9.17) is 9.84 Å². The molecule has 1 saturated heterocycles. The molecule has 1 aromatic rings. The number of methoxy groups -OCH3 is 1. The highest BCUT2D eigenvalue weighted by Gasteiger charge is 2.34. The van der Waals surface area contributed by atoms with Gasteiger partial charge in [-0.25, -0.2) is 0 Å². The van der Waals surface area contributed by atoms with E-state index in [1.54, 1.807) is 13.2 Å². The standard InChI is InChI=1S/C16H19N3O4/c1-17-13-7-19(8-14(13)23-2)9-3-4-10-12(5-9)18-6-11(15(10)20)16(21)22/h3-6,11,13-14,17H,7-8H2,1-2H3,(H,21,22)/t11?,13-,14-/m1/s1. The summed E-state index contributed by atoms with van der Waals surface area (Å²) in [6, 6.07) is 5.56. The number of ether oxygens (including phenoxy) is 1. The quantitative estimate of drug-likeness (QED) is 0.795. The fourth-order valence-electron chi connectivity index (χ4n) is 3.10. The fourth-order valence-corrected chi connectivity index (χ4v) is 3.10. The number of carboxylic acids is 1. The Bertz CT molecular complexity index is 661. The molecule has 3 rings (SSSR count). The number of ketones is 1. The van der Waals surface area contributed by atoms with Crippen LogP contribution in [0.5, 0.6) is 0 Å². The predicted octanol–water partition coefficient (Wildman–Crippen LogP) is 0.709. The molecule has 0 aliphatic carbocycles. The van der Waals surface area contributed by atoms with Crippen LogP contribution < -0.4 is 10.2 Å². The van der Waals surface area contributed by atoms with Gasteiger partial charge in [0.2, 0.25) is 0 Å². The molecule has 2 aliphatic rings. The van der Waals surface area contributed by atoms with Crippen molar-refractivity contribution in [2.45, 2.75) is 12.1 Å². The smallest absolute Gasteiger partial charge is 0.319 e. The van der Waals surface area contributed by atoms with Crippen LogP contribution in [0.25, 0.3) is 0 Å². The van der Waals surface area contributed by atoms with Gasteiger partial charge >= 0.3 is 5.97 Å². The monoisotopic (exact) mass is 317 g/mol. The number of carbonyl (C=O) groups is 2. The number of aliphatic imine (C=N–C) groups is 1. The molecule has 0 saturated carbocycles. The summed E-state index contributed by atoms with van der Waals surface area (Å²) in [5, 5.41) is 12.3. The van der Waals surface area contributed by atoms with Crippen LogP contribution in [0.4, 0.5) is 11.4 Å². The maximum absolute atomic E-state index is 12.2. The first-order valence-corrected chi connectivity index (χ1v) is 7.45. The number of carbonyl (C=O) groups excluding carboxylic acids is 1. The van der Waals surface area contributed by atoms with E-state index >= 15 is 0 Å². The third-order valence-corrected chi connectivity index (χ3v) is 4.46. The van der Waals surface area contributed by atoms with Crippen LogP contribution >= 0.6 is 0 Å². The van der Waals surface area contributed by atoms with Gasteiger partial charge in [0.1, 0.15) is 0 Å². The van der Waals surface area contributed by atoms with Crippen molar-refractivity contribution in [3.05, 3.63) is 23.8 Å². The number of Topliss-reactive ketones (excluding diaryl/α,β-unsaturated/α-hetero) is 1. The highest BCUT2D eigenvalue weighted by Crippen LogP contribution is 2.32. The molecule has 0 amide bonds. The lowest BCUT2D eigenvalue weighted by atomic mass is 9.94. The van der Waals surface area contributed by atoms with Crippen molar-refractivity contribution in [1.29, 1.82) is 0 Å². The second-order valence-corrected chi connectivity index (χ2v) is 5.73. The minimum atomic E-state index is -1.19. The summed E-state index contributed by atoms with van der Waals surface area (Å²) < 4.78 is 5.48. The summed E-state index contributed by atoms with van der Waals surface area (Å²) in [6.07, 6.45) is 1.30. The van der Waals surface area contributed by atoms with Crippen molar-refractivity contribution in [3.8, 4) is 0 Å². The van der Waals surface area contributed by atoms with Crippen LogP contribution in [0.15, 0.2) is 23.2 Å². The average molecular weight is 317 g/mol. The number of nitrogens with one attached hydrogen (secondary N) is 1. The molecule has 1 unspecified atom stereocenters. The average Bonchev–Trinajstić information content (AvgIpc) is 2.98. The highest BCUT2D eigenvalue weighted by atomic mass is 16.5. The van der Waals surface area contributed by atoms with Crippen LogP contribution in [0.3, 0.4) is 0 Å². The van der Waals surface area contributed by atoms with Crippen LogP contribution in [-0.2, 0) is 9.53 Å². The van der Waals surface area contributed by atoms with Gasteiger partial charge in [-0.3, -0.25) is 14.6 Å². The Hall–Kier alpha value is -2.25.